The number of benzene rings is 1. The van der Waals surface area contributed by atoms with E-state index in [1.165, 1.54) is 12.1 Å². The van der Waals surface area contributed by atoms with E-state index in [0.717, 1.165) is 5.56 Å². The third-order valence-electron chi connectivity index (χ3n) is 1.71. The highest BCUT2D eigenvalue weighted by atomic mass is 79.9. The van der Waals surface area contributed by atoms with Gasteiger partial charge in [0, 0.05) is 5.33 Å². The molecule has 0 aromatic heterocycles. The molecule has 1 aromatic carbocycles. The highest BCUT2D eigenvalue weighted by Crippen LogP contribution is 2.24. The van der Waals surface area contributed by atoms with E-state index in [1.807, 2.05) is 0 Å². The fourth-order valence-electron chi connectivity index (χ4n) is 1.02. The van der Waals surface area contributed by atoms with Gasteiger partial charge in [0.2, 0.25) is 0 Å². The number of ether oxygens (including phenoxy) is 1. The molecule has 1 rings (SSSR count). The van der Waals surface area contributed by atoms with Crippen LogP contribution < -0.4 is 4.74 Å². The van der Waals surface area contributed by atoms with Gasteiger partial charge in [-0.1, -0.05) is 22.0 Å². The minimum absolute atomic E-state index is 0.0447. The van der Waals surface area contributed by atoms with Gasteiger partial charge in [-0.3, -0.25) is 0 Å². The molecule has 0 aliphatic carbocycles. The molecule has 0 aliphatic rings. The topological polar surface area (TPSA) is 33.0 Å². The average Bonchev–Trinajstić information content (AvgIpc) is 2.25. The fraction of sp³-hybridized carbons (Fsp3) is 0.300. The zero-order valence-electron chi connectivity index (χ0n) is 8.01. The van der Waals surface area contributed by atoms with Gasteiger partial charge >= 0.3 is 6.18 Å². The lowest BCUT2D eigenvalue weighted by Gasteiger charge is -2.11. The van der Waals surface area contributed by atoms with Gasteiger partial charge in [0.15, 0.2) is 6.61 Å². The van der Waals surface area contributed by atoms with Crippen LogP contribution in [0.2, 0.25) is 0 Å². The number of hydrogen-bond donors (Lipinski definition) is 0. The van der Waals surface area contributed by atoms with Crippen molar-refractivity contribution in [2.75, 3.05) is 6.61 Å². The van der Waals surface area contributed by atoms with Crippen LogP contribution in [0.4, 0.5) is 13.2 Å². The maximum absolute atomic E-state index is 11.9. The molecule has 86 valence electrons. The highest BCUT2D eigenvalue weighted by molar-refractivity contribution is 9.08. The van der Waals surface area contributed by atoms with E-state index in [0.29, 0.717) is 5.33 Å². The summed E-state index contributed by atoms with van der Waals surface area (Å²) >= 11 is 3.17. The molecule has 16 heavy (non-hydrogen) atoms. The van der Waals surface area contributed by atoms with E-state index in [9.17, 15) is 13.2 Å². The van der Waals surface area contributed by atoms with Crippen molar-refractivity contribution in [2.24, 2.45) is 0 Å². The summed E-state index contributed by atoms with van der Waals surface area (Å²) in [5, 5.41) is 9.18. The Kier molecular flexibility index (Phi) is 4.19. The first kappa shape index (κ1) is 12.8. The third-order valence-corrected chi connectivity index (χ3v) is 2.36. The van der Waals surface area contributed by atoms with E-state index in [-0.39, 0.29) is 11.3 Å². The number of halogens is 4. The normalized spacial score (nSPS) is 10.9. The Labute approximate surface area is 98.8 Å². The van der Waals surface area contributed by atoms with Crippen LogP contribution in [0.1, 0.15) is 11.1 Å². The van der Waals surface area contributed by atoms with Crippen LogP contribution in [0.5, 0.6) is 5.75 Å². The van der Waals surface area contributed by atoms with Crippen molar-refractivity contribution in [3.63, 3.8) is 0 Å². The Morgan fingerprint density at radius 2 is 2.06 bits per heavy atom. The van der Waals surface area contributed by atoms with Crippen molar-refractivity contribution in [2.45, 2.75) is 11.5 Å². The Bertz CT molecular complexity index is 412. The molecule has 0 atom stereocenters. The fourth-order valence-corrected chi connectivity index (χ4v) is 1.37. The van der Waals surface area contributed by atoms with E-state index >= 15 is 0 Å². The Morgan fingerprint density at radius 1 is 1.38 bits per heavy atom. The van der Waals surface area contributed by atoms with Crippen LogP contribution in [0.25, 0.3) is 0 Å². The maximum Gasteiger partial charge on any atom is 0.422 e. The molecule has 0 unspecified atom stereocenters. The zero-order chi connectivity index (χ0) is 12.2. The summed E-state index contributed by atoms with van der Waals surface area (Å²) in [6, 6.07) is 6.27. The minimum atomic E-state index is -4.41. The van der Waals surface area contributed by atoms with Crippen LogP contribution in [0.3, 0.4) is 0 Å². The lowest BCUT2D eigenvalue weighted by molar-refractivity contribution is -0.153. The molecule has 6 heteroatoms. The lowest BCUT2D eigenvalue weighted by Crippen LogP contribution is -2.19. The van der Waals surface area contributed by atoms with Gasteiger partial charge < -0.3 is 4.74 Å². The molecule has 0 heterocycles. The quantitative estimate of drug-likeness (QED) is 0.800. The van der Waals surface area contributed by atoms with Gasteiger partial charge in [0.25, 0.3) is 0 Å². The van der Waals surface area contributed by atoms with Gasteiger partial charge in [-0.15, -0.1) is 0 Å². The zero-order valence-corrected chi connectivity index (χ0v) is 9.60. The molecule has 0 N–H and O–H groups in total. The smallest absolute Gasteiger partial charge is 0.422 e. The van der Waals surface area contributed by atoms with Gasteiger partial charge in [-0.05, 0) is 17.7 Å². The molecular formula is C10H7BrF3NO. The second kappa shape index (κ2) is 5.21. The second-order valence-electron chi connectivity index (χ2n) is 2.98. The molecule has 0 fully saturated rings. The number of nitriles is 1. The molecule has 0 radical (unpaired) electrons. The van der Waals surface area contributed by atoms with Crippen molar-refractivity contribution < 1.29 is 17.9 Å². The van der Waals surface area contributed by atoms with Crippen LogP contribution in [0, 0.1) is 11.3 Å². The molecule has 1 aromatic rings. The molecule has 0 saturated heterocycles. The van der Waals surface area contributed by atoms with Crippen LogP contribution in [-0.2, 0) is 5.33 Å². The summed E-state index contributed by atoms with van der Waals surface area (Å²) in [5.41, 5.74) is 0.838. The second-order valence-corrected chi connectivity index (χ2v) is 3.54. The van der Waals surface area contributed by atoms with Gasteiger partial charge in [-0.2, -0.15) is 18.4 Å². The predicted octanol–water partition coefficient (Wildman–Crippen LogP) is 3.39. The predicted molar refractivity (Wildman–Crippen MR) is 55.3 cm³/mol. The summed E-state index contributed by atoms with van der Waals surface area (Å²) in [6.07, 6.45) is -4.41. The first-order valence-electron chi connectivity index (χ1n) is 4.25. The van der Waals surface area contributed by atoms with Crippen molar-refractivity contribution in [1.29, 1.82) is 5.26 Å². The number of alkyl halides is 4. The van der Waals surface area contributed by atoms with Gasteiger partial charge in [0.1, 0.15) is 11.8 Å². The lowest BCUT2D eigenvalue weighted by atomic mass is 10.1. The highest BCUT2D eigenvalue weighted by Gasteiger charge is 2.28. The molecule has 0 saturated carbocycles. The molecular weight excluding hydrogens is 287 g/mol. The largest absolute Gasteiger partial charge is 0.483 e. The van der Waals surface area contributed by atoms with Crippen LogP contribution >= 0.6 is 15.9 Å². The maximum atomic E-state index is 11.9. The van der Waals surface area contributed by atoms with Crippen molar-refractivity contribution >= 4 is 15.9 Å². The summed E-state index contributed by atoms with van der Waals surface area (Å²) < 4.78 is 40.4. The standard InChI is InChI=1S/C10H7BrF3NO/c11-4-7-1-2-8(5-15)9(3-7)16-6-10(12,13)14/h1-3H,4,6H2. The number of rotatable bonds is 3. The minimum Gasteiger partial charge on any atom is -0.483 e. The van der Waals surface area contributed by atoms with E-state index in [2.05, 4.69) is 20.7 Å². The van der Waals surface area contributed by atoms with Crippen LogP contribution in [0.15, 0.2) is 18.2 Å². The first-order valence-corrected chi connectivity index (χ1v) is 5.37. The third kappa shape index (κ3) is 3.74. The SMILES string of the molecule is N#Cc1ccc(CBr)cc1OCC(F)(F)F. The van der Waals surface area contributed by atoms with Crippen LogP contribution in [-0.4, -0.2) is 12.8 Å². The average molecular weight is 294 g/mol. The molecule has 0 aliphatic heterocycles. The monoisotopic (exact) mass is 293 g/mol. The molecule has 0 spiro atoms. The molecule has 0 bridgehead atoms. The summed E-state index contributed by atoms with van der Waals surface area (Å²) in [7, 11) is 0. The van der Waals surface area contributed by atoms with Crippen molar-refractivity contribution in [3.05, 3.63) is 29.3 Å². The summed E-state index contributed by atoms with van der Waals surface area (Å²) in [4.78, 5) is 0. The Balaban J connectivity index is 2.89. The van der Waals surface area contributed by atoms with Crippen molar-refractivity contribution in [1.82, 2.24) is 0 Å². The molecule has 0 amide bonds. The van der Waals surface area contributed by atoms with Gasteiger partial charge in [0.05, 0.1) is 5.56 Å². The summed E-state index contributed by atoms with van der Waals surface area (Å²) in [6.45, 7) is -1.40. The van der Waals surface area contributed by atoms with E-state index < -0.39 is 12.8 Å². The number of hydrogen-bond acceptors (Lipinski definition) is 2. The van der Waals surface area contributed by atoms with Gasteiger partial charge in [-0.25, -0.2) is 0 Å². The van der Waals surface area contributed by atoms with E-state index in [1.54, 1.807) is 12.1 Å². The van der Waals surface area contributed by atoms with Crippen molar-refractivity contribution in [3.8, 4) is 11.8 Å². The number of nitrogens with zero attached hydrogens (tertiary/aromatic N) is 1. The Hall–Kier alpha value is -1.22. The Morgan fingerprint density at radius 3 is 2.56 bits per heavy atom. The summed E-state index contributed by atoms with van der Waals surface area (Å²) in [5.74, 6) is -0.0447. The first-order chi connectivity index (χ1) is 7.46. The molecule has 2 nitrogen and oxygen atoms in total. The van der Waals surface area contributed by atoms with E-state index in [4.69, 9.17) is 5.26 Å².